The molecule has 5 nitrogen and oxygen atoms in total. The number of nitro groups is 1. The zero-order valence-corrected chi connectivity index (χ0v) is 9.84. The third-order valence-corrected chi connectivity index (χ3v) is 2.41. The Balaban J connectivity index is 2.37. The van der Waals surface area contributed by atoms with Crippen molar-refractivity contribution in [3.8, 4) is 17.6 Å². The van der Waals surface area contributed by atoms with Gasteiger partial charge in [0.15, 0.2) is 11.6 Å². The summed E-state index contributed by atoms with van der Waals surface area (Å²) in [5.74, 6) is -2.00. The van der Waals surface area contributed by atoms with E-state index < -0.39 is 22.2 Å². The maximum Gasteiger partial charge on any atom is 0.290 e. The Hall–Kier alpha value is -3.01. The molecule has 0 N–H and O–H groups in total. The molecule has 0 heterocycles. The van der Waals surface area contributed by atoms with Crippen molar-refractivity contribution in [2.75, 3.05) is 0 Å². The fraction of sp³-hybridized carbons (Fsp3) is 0. The van der Waals surface area contributed by atoms with Crippen LogP contribution >= 0.6 is 0 Å². The average molecular weight is 276 g/mol. The second-order valence-electron chi connectivity index (χ2n) is 3.72. The molecule has 0 unspecified atom stereocenters. The predicted octanol–water partition coefficient (Wildman–Crippen LogP) is 3.54. The van der Waals surface area contributed by atoms with E-state index in [0.717, 1.165) is 18.2 Å². The van der Waals surface area contributed by atoms with Crippen LogP contribution in [-0.2, 0) is 0 Å². The molecule has 0 fully saturated rings. The van der Waals surface area contributed by atoms with E-state index in [0.29, 0.717) is 6.07 Å². The van der Waals surface area contributed by atoms with Crippen LogP contribution in [0.1, 0.15) is 5.56 Å². The van der Waals surface area contributed by atoms with Crippen LogP contribution in [0.5, 0.6) is 11.5 Å². The molecule has 0 bridgehead atoms. The van der Waals surface area contributed by atoms with E-state index in [1.807, 2.05) is 0 Å². The summed E-state index contributed by atoms with van der Waals surface area (Å²) in [6, 6.07) is 7.84. The Kier molecular flexibility index (Phi) is 3.57. The molecule has 0 aliphatic rings. The monoisotopic (exact) mass is 276 g/mol. The van der Waals surface area contributed by atoms with Crippen LogP contribution in [0.15, 0.2) is 36.4 Å². The summed E-state index contributed by atoms with van der Waals surface area (Å²) in [6.45, 7) is 0. The quantitative estimate of drug-likeness (QED) is 0.634. The van der Waals surface area contributed by atoms with Gasteiger partial charge in [-0.15, -0.1) is 0 Å². The minimum atomic E-state index is -0.933. The van der Waals surface area contributed by atoms with Crippen molar-refractivity contribution in [2.24, 2.45) is 0 Å². The Morgan fingerprint density at radius 2 is 1.95 bits per heavy atom. The molecule has 2 aromatic carbocycles. The second kappa shape index (κ2) is 5.32. The number of ether oxygens (including phenoxy) is 1. The summed E-state index contributed by atoms with van der Waals surface area (Å²) >= 11 is 0. The molecule has 20 heavy (non-hydrogen) atoms. The number of rotatable bonds is 3. The Labute approximate surface area is 111 Å². The van der Waals surface area contributed by atoms with Crippen molar-refractivity contribution in [1.29, 1.82) is 5.26 Å². The summed E-state index contributed by atoms with van der Waals surface area (Å²) in [5, 5.41) is 19.5. The number of nitrogens with zero attached hydrogens (tertiary/aromatic N) is 2. The largest absolute Gasteiger partial charge is 0.454 e. The molecule has 0 amide bonds. The molecular formula is C13H6F2N2O3. The van der Waals surface area contributed by atoms with Crippen LogP contribution in [0.25, 0.3) is 0 Å². The number of hydrogen-bond donors (Lipinski definition) is 0. The van der Waals surface area contributed by atoms with Gasteiger partial charge >= 0.3 is 0 Å². The van der Waals surface area contributed by atoms with E-state index in [1.165, 1.54) is 12.1 Å². The summed E-state index contributed by atoms with van der Waals surface area (Å²) in [4.78, 5) is 10.0. The van der Waals surface area contributed by atoms with Gasteiger partial charge in [-0.2, -0.15) is 5.26 Å². The molecule has 0 saturated carbocycles. The molecule has 0 spiro atoms. The Morgan fingerprint density at radius 1 is 1.20 bits per heavy atom. The Morgan fingerprint density at radius 3 is 2.55 bits per heavy atom. The molecule has 7 heteroatoms. The van der Waals surface area contributed by atoms with E-state index in [4.69, 9.17) is 10.00 Å². The van der Waals surface area contributed by atoms with Crippen LogP contribution in [0.4, 0.5) is 14.5 Å². The molecule has 0 aliphatic carbocycles. The normalized spacial score (nSPS) is 9.85. The average Bonchev–Trinajstić information content (AvgIpc) is 2.41. The van der Waals surface area contributed by atoms with Crippen molar-refractivity contribution in [1.82, 2.24) is 0 Å². The third kappa shape index (κ3) is 2.70. The van der Waals surface area contributed by atoms with Crippen LogP contribution in [-0.4, -0.2) is 4.92 Å². The summed E-state index contributed by atoms with van der Waals surface area (Å²) < 4.78 is 31.2. The molecule has 100 valence electrons. The van der Waals surface area contributed by atoms with Crippen LogP contribution in [0, 0.1) is 33.1 Å². The van der Waals surface area contributed by atoms with E-state index >= 15 is 0 Å². The first-order valence-electron chi connectivity index (χ1n) is 5.32. The lowest BCUT2D eigenvalue weighted by Gasteiger charge is -2.06. The first kappa shape index (κ1) is 13.4. The number of halogens is 2. The second-order valence-corrected chi connectivity index (χ2v) is 3.72. The number of benzene rings is 2. The Bertz CT molecular complexity index is 726. The number of nitriles is 1. The van der Waals surface area contributed by atoms with Gasteiger partial charge in [-0.25, -0.2) is 8.78 Å². The highest BCUT2D eigenvalue weighted by Crippen LogP contribution is 2.29. The van der Waals surface area contributed by atoms with Gasteiger partial charge in [0.05, 0.1) is 11.0 Å². The molecule has 0 radical (unpaired) electrons. The minimum absolute atomic E-state index is 0.0267. The predicted molar refractivity (Wildman–Crippen MR) is 64.2 cm³/mol. The molecular weight excluding hydrogens is 270 g/mol. The van der Waals surface area contributed by atoms with E-state index in [-0.39, 0.29) is 17.1 Å². The molecule has 0 atom stereocenters. The minimum Gasteiger partial charge on any atom is -0.454 e. The third-order valence-electron chi connectivity index (χ3n) is 2.41. The lowest BCUT2D eigenvalue weighted by atomic mass is 10.2. The van der Waals surface area contributed by atoms with Gasteiger partial charge in [0.1, 0.15) is 23.2 Å². The highest BCUT2D eigenvalue weighted by Gasteiger charge is 2.16. The van der Waals surface area contributed by atoms with E-state index in [2.05, 4.69) is 0 Å². The lowest BCUT2D eigenvalue weighted by molar-refractivity contribution is -0.385. The number of nitro benzene ring substituents is 1. The molecule has 2 aromatic rings. The van der Waals surface area contributed by atoms with Crippen molar-refractivity contribution < 1.29 is 18.4 Å². The van der Waals surface area contributed by atoms with Gasteiger partial charge in [0.25, 0.3) is 5.69 Å². The number of hydrogen-bond acceptors (Lipinski definition) is 4. The van der Waals surface area contributed by atoms with Crippen molar-refractivity contribution in [3.63, 3.8) is 0 Å². The van der Waals surface area contributed by atoms with Crippen molar-refractivity contribution in [2.45, 2.75) is 0 Å². The van der Waals surface area contributed by atoms with Gasteiger partial charge in [0.2, 0.25) is 0 Å². The van der Waals surface area contributed by atoms with Crippen LogP contribution in [0.3, 0.4) is 0 Å². The van der Waals surface area contributed by atoms with Gasteiger partial charge in [-0.3, -0.25) is 10.1 Å². The highest BCUT2D eigenvalue weighted by molar-refractivity contribution is 5.53. The topological polar surface area (TPSA) is 76.2 Å². The first-order chi connectivity index (χ1) is 9.51. The summed E-state index contributed by atoms with van der Waals surface area (Å²) in [7, 11) is 0. The first-order valence-corrected chi connectivity index (χ1v) is 5.32. The van der Waals surface area contributed by atoms with Crippen molar-refractivity contribution in [3.05, 3.63) is 63.7 Å². The smallest absolute Gasteiger partial charge is 0.290 e. The fourth-order valence-corrected chi connectivity index (χ4v) is 1.51. The zero-order valence-electron chi connectivity index (χ0n) is 9.84. The standard InChI is InChI=1S/C13H6F2N2O3/c14-9-2-4-13(11(15)5-9)20-10-3-1-8(7-16)12(6-10)17(18)19/h1-6H. The van der Waals surface area contributed by atoms with Crippen molar-refractivity contribution >= 4 is 5.69 Å². The highest BCUT2D eigenvalue weighted by atomic mass is 19.1. The van der Waals surface area contributed by atoms with Crippen LogP contribution in [0.2, 0.25) is 0 Å². The lowest BCUT2D eigenvalue weighted by Crippen LogP contribution is -1.94. The van der Waals surface area contributed by atoms with E-state index in [1.54, 1.807) is 6.07 Å². The van der Waals surface area contributed by atoms with Gasteiger partial charge in [-0.05, 0) is 24.3 Å². The van der Waals surface area contributed by atoms with Crippen LogP contribution < -0.4 is 4.74 Å². The van der Waals surface area contributed by atoms with Gasteiger partial charge < -0.3 is 4.74 Å². The fourth-order valence-electron chi connectivity index (χ4n) is 1.51. The van der Waals surface area contributed by atoms with Gasteiger partial charge in [-0.1, -0.05) is 0 Å². The molecule has 0 aromatic heterocycles. The molecule has 0 saturated heterocycles. The van der Waals surface area contributed by atoms with E-state index in [9.17, 15) is 18.9 Å². The maximum absolute atomic E-state index is 13.4. The summed E-state index contributed by atoms with van der Waals surface area (Å²) in [5.41, 5.74) is -0.588. The SMILES string of the molecule is N#Cc1ccc(Oc2ccc(F)cc2F)cc1[N+](=O)[O-]. The zero-order chi connectivity index (χ0) is 14.7. The summed E-state index contributed by atoms with van der Waals surface area (Å²) in [6.07, 6.45) is 0. The maximum atomic E-state index is 13.4. The molecule has 2 rings (SSSR count). The molecule has 0 aliphatic heterocycles. The van der Waals surface area contributed by atoms with Gasteiger partial charge in [0, 0.05) is 6.07 Å².